The zero-order valence-electron chi connectivity index (χ0n) is 12.7. The third-order valence-corrected chi connectivity index (χ3v) is 5.06. The first kappa shape index (κ1) is 14.2. The average molecular weight is 296 g/mol. The Labute approximate surface area is 129 Å². The maximum Gasteiger partial charge on any atom is 0.111 e. The summed E-state index contributed by atoms with van der Waals surface area (Å²) in [5, 5.41) is 1.02. The molecule has 0 aliphatic heterocycles. The van der Waals surface area contributed by atoms with Crippen LogP contribution in [0.1, 0.15) is 33.3 Å². The summed E-state index contributed by atoms with van der Waals surface area (Å²) in [6, 6.07) is 12.6. The van der Waals surface area contributed by atoms with Crippen molar-refractivity contribution in [2.45, 2.75) is 33.2 Å². The fourth-order valence-electron chi connectivity index (χ4n) is 2.89. The molecule has 3 rings (SSSR count). The zero-order chi connectivity index (χ0) is 15.0. The van der Waals surface area contributed by atoms with E-state index in [2.05, 4.69) is 44.0 Å². The third-order valence-electron chi connectivity index (χ3n) is 3.89. The van der Waals surface area contributed by atoms with Crippen LogP contribution in [-0.4, -0.2) is 4.98 Å². The molecule has 0 amide bonds. The van der Waals surface area contributed by atoms with Crippen LogP contribution < -0.4 is 5.73 Å². The van der Waals surface area contributed by atoms with E-state index in [1.165, 1.54) is 27.0 Å². The minimum Gasteiger partial charge on any atom is -0.322 e. The quantitative estimate of drug-likeness (QED) is 0.774. The van der Waals surface area contributed by atoms with E-state index in [9.17, 15) is 0 Å². The third kappa shape index (κ3) is 2.85. The highest BCUT2D eigenvalue weighted by molar-refractivity contribution is 7.18. The van der Waals surface area contributed by atoms with Crippen LogP contribution in [-0.2, 0) is 6.42 Å². The molecule has 108 valence electrons. The molecule has 0 aliphatic carbocycles. The Balaban J connectivity index is 1.91. The van der Waals surface area contributed by atoms with Gasteiger partial charge >= 0.3 is 0 Å². The maximum atomic E-state index is 6.41. The van der Waals surface area contributed by atoms with E-state index < -0.39 is 0 Å². The first-order chi connectivity index (χ1) is 10.0. The van der Waals surface area contributed by atoms with Crippen molar-refractivity contribution in [3.63, 3.8) is 0 Å². The molecule has 0 saturated carbocycles. The summed E-state index contributed by atoms with van der Waals surface area (Å²) in [7, 11) is 0. The zero-order valence-corrected chi connectivity index (χ0v) is 13.5. The second-order valence-corrected chi connectivity index (χ2v) is 6.77. The second kappa shape index (κ2) is 5.58. The van der Waals surface area contributed by atoms with E-state index in [1.807, 2.05) is 18.2 Å². The molecule has 0 aliphatic rings. The summed E-state index contributed by atoms with van der Waals surface area (Å²) in [5.74, 6) is 0. The lowest BCUT2D eigenvalue weighted by atomic mass is 9.95. The van der Waals surface area contributed by atoms with E-state index in [4.69, 9.17) is 5.73 Å². The van der Waals surface area contributed by atoms with Crippen molar-refractivity contribution in [2.75, 3.05) is 0 Å². The van der Waals surface area contributed by atoms with Crippen LogP contribution in [0.3, 0.4) is 0 Å². The molecule has 1 unspecified atom stereocenters. The first-order valence-corrected chi connectivity index (χ1v) is 8.04. The highest BCUT2D eigenvalue weighted by Gasteiger charge is 2.15. The van der Waals surface area contributed by atoms with E-state index in [1.54, 1.807) is 11.3 Å². The van der Waals surface area contributed by atoms with Gasteiger partial charge in [-0.15, -0.1) is 11.3 Å². The molecule has 3 aromatic rings. The molecule has 2 aromatic carbocycles. The number of aryl methyl sites for hydroxylation is 3. The molecule has 21 heavy (non-hydrogen) atoms. The van der Waals surface area contributed by atoms with Crippen molar-refractivity contribution in [1.29, 1.82) is 0 Å². The minimum absolute atomic E-state index is 0.0393. The van der Waals surface area contributed by atoms with Gasteiger partial charge in [0.05, 0.1) is 16.3 Å². The van der Waals surface area contributed by atoms with Gasteiger partial charge in [0.2, 0.25) is 0 Å². The molecule has 1 heterocycles. The maximum absolute atomic E-state index is 6.41. The average Bonchev–Trinajstić information content (AvgIpc) is 2.86. The lowest BCUT2D eigenvalue weighted by molar-refractivity contribution is 0.711. The molecule has 2 nitrogen and oxygen atoms in total. The number of rotatable bonds is 3. The highest BCUT2D eigenvalue weighted by atomic mass is 32.1. The molecule has 0 bridgehead atoms. The molecule has 2 N–H and O–H groups in total. The Morgan fingerprint density at radius 1 is 1.10 bits per heavy atom. The molecule has 0 saturated heterocycles. The first-order valence-electron chi connectivity index (χ1n) is 7.22. The number of nitrogens with two attached hydrogens (primary N) is 1. The molecule has 1 atom stereocenters. The van der Waals surface area contributed by atoms with Gasteiger partial charge in [-0.2, -0.15) is 0 Å². The van der Waals surface area contributed by atoms with Crippen LogP contribution in [0.15, 0.2) is 36.4 Å². The fraction of sp³-hybridized carbons (Fsp3) is 0.278. The number of fused-ring (bicyclic) bond motifs is 1. The van der Waals surface area contributed by atoms with Crippen LogP contribution in [0.5, 0.6) is 0 Å². The monoisotopic (exact) mass is 296 g/mol. The Morgan fingerprint density at radius 2 is 1.76 bits per heavy atom. The molecule has 1 aromatic heterocycles. The van der Waals surface area contributed by atoms with Crippen LogP contribution in [0.2, 0.25) is 0 Å². The number of benzene rings is 2. The van der Waals surface area contributed by atoms with Crippen molar-refractivity contribution < 1.29 is 0 Å². The SMILES string of the molecule is Cc1cc(C)c(CC(N)c2nc3ccccc3s2)c(C)c1. The van der Waals surface area contributed by atoms with Crippen molar-refractivity contribution in [2.24, 2.45) is 5.73 Å². The van der Waals surface area contributed by atoms with E-state index in [-0.39, 0.29) is 6.04 Å². The lowest BCUT2D eigenvalue weighted by Crippen LogP contribution is -2.14. The van der Waals surface area contributed by atoms with Gasteiger partial charge in [0.25, 0.3) is 0 Å². The van der Waals surface area contributed by atoms with Gasteiger partial charge in [-0.05, 0) is 56.0 Å². The summed E-state index contributed by atoms with van der Waals surface area (Å²) in [6.45, 7) is 6.47. The van der Waals surface area contributed by atoms with Gasteiger partial charge in [0, 0.05) is 0 Å². The van der Waals surface area contributed by atoms with Gasteiger partial charge in [-0.3, -0.25) is 0 Å². The number of aromatic nitrogens is 1. The van der Waals surface area contributed by atoms with Gasteiger partial charge in [0.15, 0.2) is 0 Å². The standard InChI is InChI=1S/C18H20N2S/c1-11-8-12(2)14(13(3)9-11)10-15(19)18-20-16-6-4-5-7-17(16)21-18/h4-9,15H,10,19H2,1-3H3. The van der Waals surface area contributed by atoms with E-state index >= 15 is 0 Å². The van der Waals surface area contributed by atoms with Crippen molar-refractivity contribution in [3.05, 3.63) is 63.7 Å². The number of thiazole rings is 1. The molecule has 0 radical (unpaired) electrons. The number of para-hydroxylation sites is 1. The number of hydrogen-bond acceptors (Lipinski definition) is 3. The molecular weight excluding hydrogens is 276 g/mol. The summed E-state index contributed by atoms with van der Waals surface area (Å²) < 4.78 is 1.21. The molecule has 3 heteroatoms. The Hall–Kier alpha value is -1.71. The highest BCUT2D eigenvalue weighted by Crippen LogP contribution is 2.28. The normalized spacial score (nSPS) is 12.8. The Morgan fingerprint density at radius 3 is 2.43 bits per heavy atom. The largest absolute Gasteiger partial charge is 0.322 e. The summed E-state index contributed by atoms with van der Waals surface area (Å²) in [5.41, 5.74) is 12.8. The van der Waals surface area contributed by atoms with Crippen LogP contribution in [0.4, 0.5) is 0 Å². The Bertz CT molecular complexity index is 733. The fourth-order valence-corrected chi connectivity index (χ4v) is 3.86. The second-order valence-electron chi connectivity index (χ2n) is 5.71. The predicted molar refractivity (Wildman–Crippen MR) is 90.9 cm³/mol. The van der Waals surface area contributed by atoms with Crippen molar-refractivity contribution in [3.8, 4) is 0 Å². The molecule has 0 fully saturated rings. The summed E-state index contributed by atoms with van der Waals surface area (Å²) in [4.78, 5) is 4.68. The van der Waals surface area contributed by atoms with Crippen molar-refractivity contribution in [1.82, 2.24) is 4.98 Å². The topological polar surface area (TPSA) is 38.9 Å². The van der Waals surface area contributed by atoms with Crippen LogP contribution in [0, 0.1) is 20.8 Å². The predicted octanol–water partition coefficient (Wildman–Crippen LogP) is 4.46. The number of hydrogen-bond donors (Lipinski definition) is 1. The smallest absolute Gasteiger partial charge is 0.111 e. The molecular formula is C18H20N2S. The van der Waals surface area contributed by atoms with Gasteiger partial charge in [0.1, 0.15) is 5.01 Å². The van der Waals surface area contributed by atoms with Gasteiger partial charge < -0.3 is 5.73 Å². The summed E-state index contributed by atoms with van der Waals surface area (Å²) >= 11 is 1.70. The summed E-state index contributed by atoms with van der Waals surface area (Å²) in [6.07, 6.45) is 0.845. The van der Waals surface area contributed by atoms with E-state index in [0.717, 1.165) is 16.9 Å². The van der Waals surface area contributed by atoms with E-state index in [0.29, 0.717) is 0 Å². The van der Waals surface area contributed by atoms with Gasteiger partial charge in [-0.1, -0.05) is 29.8 Å². The number of nitrogens with zero attached hydrogens (tertiary/aromatic N) is 1. The minimum atomic E-state index is -0.0393. The van der Waals surface area contributed by atoms with Crippen molar-refractivity contribution >= 4 is 21.6 Å². The van der Waals surface area contributed by atoms with Crippen LogP contribution >= 0.6 is 11.3 Å². The lowest BCUT2D eigenvalue weighted by Gasteiger charge is -2.14. The van der Waals surface area contributed by atoms with Crippen LogP contribution in [0.25, 0.3) is 10.2 Å². The van der Waals surface area contributed by atoms with Gasteiger partial charge in [-0.25, -0.2) is 4.98 Å². The Kier molecular flexibility index (Phi) is 3.79. The molecule has 0 spiro atoms.